The summed E-state index contributed by atoms with van der Waals surface area (Å²) in [6, 6.07) is 9.38. The first-order valence-corrected chi connectivity index (χ1v) is 8.84. The highest BCUT2D eigenvalue weighted by Gasteiger charge is 2.18. The third-order valence-electron chi connectivity index (χ3n) is 4.63. The summed E-state index contributed by atoms with van der Waals surface area (Å²) in [6.45, 7) is 4.94. The molecule has 7 heteroatoms. The molecule has 2 aromatic rings. The summed E-state index contributed by atoms with van der Waals surface area (Å²) in [5.74, 6) is -0.0954. The van der Waals surface area contributed by atoms with Gasteiger partial charge in [0.1, 0.15) is 0 Å². The van der Waals surface area contributed by atoms with Crippen molar-refractivity contribution in [1.29, 1.82) is 0 Å². The summed E-state index contributed by atoms with van der Waals surface area (Å²) in [5, 5.41) is 14.2. The topological polar surface area (TPSA) is 74.7 Å². The predicted octanol–water partition coefficient (Wildman–Crippen LogP) is 0.892. The lowest BCUT2D eigenvalue weighted by molar-refractivity contribution is 0.104. The molecule has 1 aromatic heterocycles. The molecule has 0 radical (unpaired) electrons. The SMILES string of the molecule is CN(CCN1CCCC1)CC(O)Cn1c(-c2ccccc2)noc1=O. The average molecular weight is 346 g/mol. The van der Waals surface area contributed by atoms with Crippen molar-refractivity contribution in [3.05, 3.63) is 40.9 Å². The zero-order chi connectivity index (χ0) is 17.6. The Labute approximate surface area is 147 Å². The molecular formula is C18H26N4O3. The fraction of sp³-hybridized carbons (Fsp3) is 0.556. The fourth-order valence-electron chi connectivity index (χ4n) is 3.26. The van der Waals surface area contributed by atoms with Crippen molar-refractivity contribution >= 4 is 0 Å². The van der Waals surface area contributed by atoms with Gasteiger partial charge < -0.3 is 14.9 Å². The second-order valence-electron chi connectivity index (χ2n) is 6.71. The Morgan fingerprint density at radius 1 is 1.28 bits per heavy atom. The standard InChI is InChI=1S/C18H26N4O3/c1-20(11-12-21-9-5-6-10-21)13-16(23)14-22-17(19-25-18(22)24)15-7-3-2-4-8-15/h2-4,7-8,16,23H,5-6,9-14H2,1H3. The molecular weight excluding hydrogens is 320 g/mol. The van der Waals surface area contributed by atoms with E-state index >= 15 is 0 Å². The molecule has 0 spiro atoms. The molecule has 1 aromatic carbocycles. The third kappa shape index (κ3) is 4.78. The van der Waals surface area contributed by atoms with E-state index < -0.39 is 11.9 Å². The molecule has 1 N–H and O–H groups in total. The number of benzene rings is 1. The molecule has 1 atom stereocenters. The molecule has 136 valence electrons. The molecule has 3 rings (SSSR count). The van der Waals surface area contributed by atoms with E-state index in [2.05, 4.69) is 15.0 Å². The van der Waals surface area contributed by atoms with Crippen molar-refractivity contribution in [3.63, 3.8) is 0 Å². The van der Waals surface area contributed by atoms with Crippen LogP contribution in [-0.4, -0.2) is 70.5 Å². The molecule has 1 unspecified atom stereocenters. The Kier molecular flexibility index (Phi) is 6.01. The Morgan fingerprint density at radius 3 is 2.72 bits per heavy atom. The van der Waals surface area contributed by atoms with Gasteiger partial charge in [-0.15, -0.1) is 0 Å². The van der Waals surface area contributed by atoms with Gasteiger partial charge in [0.15, 0.2) is 5.82 Å². The zero-order valence-corrected chi connectivity index (χ0v) is 14.7. The van der Waals surface area contributed by atoms with Crippen molar-refractivity contribution in [2.75, 3.05) is 39.8 Å². The van der Waals surface area contributed by atoms with Crippen molar-refractivity contribution < 1.29 is 9.63 Å². The maximum atomic E-state index is 11.9. The van der Waals surface area contributed by atoms with Gasteiger partial charge in [-0.2, -0.15) is 0 Å². The number of likely N-dealkylation sites (N-methyl/N-ethyl adjacent to an activating group) is 1. The molecule has 0 saturated carbocycles. The van der Waals surface area contributed by atoms with E-state index in [1.54, 1.807) is 0 Å². The summed E-state index contributed by atoms with van der Waals surface area (Å²) in [5.41, 5.74) is 0.794. The van der Waals surface area contributed by atoms with Crippen LogP contribution in [-0.2, 0) is 6.54 Å². The highest BCUT2D eigenvalue weighted by molar-refractivity contribution is 5.54. The number of likely N-dealkylation sites (tertiary alicyclic amines) is 1. The van der Waals surface area contributed by atoms with Gasteiger partial charge in [-0.25, -0.2) is 4.79 Å². The lowest BCUT2D eigenvalue weighted by Crippen LogP contribution is -2.38. The lowest BCUT2D eigenvalue weighted by atomic mass is 10.2. The number of hydrogen-bond acceptors (Lipinski definition) is 6. The van der Waals surface area contributed by atoms with E-state index in [9.17, 15) is 9.90 Å². The first-order chi connectivity index (χ1) is 12.1. The number of aliphatic hydroxyl groups is 1. The van der Waals surface area contributed by atoms with Crippen LogP contribution in [0.25, 0.3) is 11.4 Å². The Balaban J connectivity index is 1.56. The maximum absolute atomic E-state index is 11.9. The van der Waals surface area contributed by atoms with E-state index in [1.165, 1.54) is 30.5 Å². The van der Waals surface area contributed by atoms with Crippen molar-refractivity contribution in [3.8, 4) is 11.4 Å². The van der Waals surface area contributed by atoms with Gasteiger partial charge in [-0.05, 0) is 33.0 Å². The van der Waals surface area contributed by atoms with Crippen LogP contribution in [0, 0.1) is 0 Å². The Morgan fingerprint density at radius 2 is 2.00 bits per heavy atom. The van der Waals surface area contributed by atoms with Crippen molar-refractivity contribution in [2.45, 2.75) is 25.5 Å². The monoisotopic (exact) mass is 346 g/mol. The molecule has 1 aliphatic heterocycles. The number of hydrogen-bond donors (Lipinski definition) is 1. The minimum atomic E-state index is -0.664. The quantitative estimate of drug-likeness (QED) is 0.765. The summed E-state index contributed by atoms with van der Waals surface area (Å²) in [7, 11) is 1.99. The number of aliphatic hydroxyl groups excluding tert-OH is 1. The number of rotatable bonds is 8. The fourth-order valence-corrected chi connectivity index (χ4v) is 3.26. The molecule has 1 saturated heterocycles. The van der Waals surface area contributed by atoms with E-state index in [4.69, 9.17) is 4.52 Å². The smallest absolute Gasteiger partial charge is 0.390 e. The molecule has 1 aliphatic rings. The largest absolute Gasteiger partial charge is 0.441 e. The molecule has 0 bridgehead atoms. The number of aromatic nitrogens is 2. The first-order valence-electron chi connectivity index (χ1n) is 8.84. The van der Waals surface area contributed by atoms with Crippen LogP contribution in [0.1, 0.15) is 12.8 Å². The molecule has 0 aliphatic carbocycles. The highest BCUT2D eigenvalue weighted by atomic mass is 16.5. The van der Waals surface area contributed by atoms with E-state index in [0.29, 0.717) is 12.4 Å². The van der Waals surface area contributed by atoms with Crippen LogP contribution in [0.3, 0.4) is 0 Å². The summed E-state index contributed by atoms with van der Waals surface area (Å²) >= 11 is 0. The van der Waals surface area contributed by atoms with Gasteiger partial charge in [-0.3, -0.25) is 9.09 Å². The first kappa shape index (κ1) is 17.8. The zero-order valence-electron chi connectivity index (χ0n) is 14.7. The highest BCUT2D eigenvalue weighted by Crippen LogP contribution is 2.15. The van der Waals surface area contributed by atoms with Crippen molar-refractivity contribution in [2.24, 2.45) is 0 Å². The van der Waals surface area contributed by atoms with E-state index in [1.807, 2.05) is 37.4 Å². The summed E-state index contributed by atoms with van der Waals surface area (Å²) in [4.78, 5) is 16.5. The minimum Gasteiger partial charge on any atom is -0.390 e. The number of nitrogens with zero attached hydrogens (tertiary/aromatic N) is 4. The van der Waals surface area contributed by atoms with Gasteiger partial charge in [0, 0.05) is 25.2 Å². The summed E-state index contributed by atoms with van der Waals surface area (Å²) in [6.07, 6.45) is 1.90. The minimum absolute atomic E-state index is 0.167. The second-order valence-corrected chi connectivity index (χ2v) is 6.71. The molecule has 1 fully saturated rings. The van der Waals surface area contributed by atoms with E-state index in [-0.39, 0.29) is 6.54 Å². The van der Waals surface area contributed by atoms with Gasteiger partial charge in [0.05, 0.1) is 12.6 Å². The summed E-state index contributed by atoms with van der Waals surface area (Å²) < 4.78 is 6.19. The van der Waals surface area contributed by atoms with Crippen LogP contribution < -0.4 is 5.76 Å². The molecule has 25 heavy (non-hydrogen) atoms. The normalized spacial score (nSPS) is 16.6. The molecule has 0 amide bonds. The van der Waals surface area contributed by atoms with Crippen LogP contribution in [0.15, 0.2) is 39.6 Å². The van der Waals surface area contributed by atoms with Gasteiger partial charge in [0.2, 0.25) is 0 Å². The van der Waals surface area contributed by atoms with Gasteiger partial charge >= 0.3 is 5.76 Å². The average Bonchev–Trinajstić information content (AvgIpc) is 3.24. The Bertz CT molecular complexity index is 707. The van der Waals surface area contributed by atoms with Gasteiger partial charge in [-0.1, -0.05) is 35.5 Å². The second kappa shape index (κ2) is 8.42. The third-order valence-corrected chi connectivity index (χ3v) is 4.63. The predicted molar refractivity (Wildman–Crippen MR) is 95.4 cm³/mol. The van der Waals surface area contributed by atoms with Crippen LogP contribution >= 0.6 is 0 Å². The van der Waals surface area contributed by atoms with Crippen LogP contribution in [0.2, 0.25) is 0 Å². The molecule has 2 heterocycles. The van der Waals surface area contributed by atoms with Crippen LogP contribution in [0.5, 0.6) is 0 Å². The maximum Gasteiger partial charge on any atom is 0.441 e. The Hall–Kier alpha value is -1.96. The lowest BCUT2D eigenvalue weighted by Gasteiger charge is -2.23. The van der Waals surface area contributed by atoms with E-state index in [0.717, 1.165) is 18.7 Å². The van der Waals surface area contributed by atoms with Gasteiger partial charge in [0.25, 0.3) is 0 Å². The van der Waals surface area contributed by atoms with Crippen LogP contribution in [0.4, 0.5) is 0 Å². The van der Waals surface area contributed by atoms with Crippen molar-refractivity contribution in [1.82, 2.24) is 19.5 Å². The molecule has 7 nitrogen and oxygen atoms in total.